The molecule has 2 N–H and O–H groups in total. The van der Waals surface area contributed by atoms with Crippen LogP contribution < -0.4 is 10.9 Å². The van der Waals surface area contributed by atoms with E-state index in [9.17, 15) is 19.5 Å². The molecular formula is C21H29N3O4. The Bertz CT molecular complexity index is 820. The largest absolute Gasteiger partial charge is 0.480 e. The number of fused-ring (bicyclic) bond motifs is 1. The molecule has 1 aromatic heterocycles. The van der Waals surface area contributed by atoms with Crippen molar-refractivity contribution in [3.05, 3.63) is 33.2 Å². The monoisotopic (exact) mass is 387 g/mol. The van der Waals surface area contributed by atoms with Gasteiger partial charge in [0.25, 0.3) is 11.5 Å². The van der Waals surface area contributed by atoms with E-state index in [-0.39, 0.29) is 11.5 Å². The van der Waals surface area contributed by atoms with E-state index in [4.69, 9.17) is 5.26 Å². The molecule has 1 aromatic rings. The lowest BCUT2D eigenvalue weighted by Gasteiger charge is -2.22. The van der Waals surface area contributed by atoms with Crippen LogP contribution in [0.5, 0.6) is 0 Å². The third-order valence-electron chi connectivity index (χ3n) is 5.23. The van der Waals surface area contributed by atoms with Crippen molar-refractivity contribution in [2.45, 2.75) is 77.8 Å². The second-order valence-electron chi connectivity index (χ2n) is 7.70. The van der Waals surface area contributed by atoms with Gasteiger partial charge in [0.1, 0.15) is 11.6 Å². The number of rotatable bonds is 7. The number of pyridine rings is 1. The Labute approximate surface area is 165 Å². The predicted octanol–water partition coefficient (Wildman–Crippen LogP) is 2.65. The normalized spacial score (nSPS) is 15.1. The van der Waals surface area contributed by atoms with E-state index in [1.54, 1.807) is 24.5 Å². The van der Waals surface area contributed by atoms with Gasteiger partial charge < -0.3 is 15.0 Å². The lowest BCUT2D eigenvalue weighted by atomic mass is 9.95. The Kier molecular flexibility index (Phi) is 7.80. The van der Waals surface area contributed by atoms with Gasteiger partial charge in [0, 0.05) is 18.7 Å². The molecule has 0 bridgehead atoms. The predicted molar refractivity (Wildman–Crippen MR) is 105 cm³/mol. The van der Waals surface area contributed by atoms with Crippen molar-refractivity contribution in [1.82, 2.24) is 9.88 Å². The summed E-state index contributed by atoms with van der Waals surface area (Å²) in [4.78, 5) is 37.3. The van der Waals surface area contributed by atoms with Crippen molar-refractivity contribution in [2.75, 3.05) is 0 Å². The number of hydrogen-bond acceptors (Lipinski definition) is 4. The van der Waals surface area contributed by atoms with Gasteiger partial charge in [0.05, 0.1) is 6.07 Å². The molecule has 0 saturated carbocycles. The number of aromatic nitrogens is 1. The first-order chi connectivity index (χ1) is 13.4. The maximum Gasteiger partial charge on any atom is 0.326 e. The molecule has 1 amide bonds. The van der Waals surface area contributed by atoms with Gasteiger partial charge in [-0.3, -0.25) is 9.59 Å². The molecule has 0 saturated heterocycles. The highest BCUT2D eigenvalue weighted by Crippen LogP contribution is 2.21. The summed E-state index contributed by atoms with van der Waals surface area (Å²) in [6, 6.07) is 2.68. The van der Waals surface area contributed by atoms with Crippen molar-refractivity contribution in [2.24, 2.45) is 5.92 Å². The van der Waals surface area contributed by atoms with Gasteiger partial charge in [-0.25, -0.2) is 4.79 Å². The molecule has 0 aromatic carbocycles. The summed E-state index contributed by atoms with van der Waals surface area (Å²) in [5.74, 6) is -2.07. The number of carboxylic acid groups (broad SMARTS) is 1. The standard InChI is InChI=1S/C21H29N3O4/c1-14(2)18(21(27)28)23-19(25)16-13-15-9-5-3-4-6-10-17(15)24(20(16)26)12-8-7-11-22/h13-14,18H,3-10,12H2,1-2H3,(H,23,25)(H,27,28)/t18-/m0/s1. The molecule has 1 atom stereocenters. The van der Waals surface area contributed by atoms with Gasteiger partial charge in [0.15, 0.2) is 0 Å². The van der Waals surface area contributed by atoms with Gasteiger partial charge in [-0.05, 0) is 49.7 Å². The number of carbonyl (C=O) groups is 2. The van der Waals surface area contributed by atoms with E-state index in [0.29, 0.717) is 19.4 Å². The van der Waals surface area contributed by atoms with E-state index >= 15 is 0 Å². The number of nitriles is 1. The van der Waals surface area contributed by atoms with E-state index in [1.165, 1.54) is 0 Å². The zero-order valence-corrected chi connectivity index (χ0v) is 16.7. The van der Waals surface area contributed by atoms with Crippen LogP contribution >= 0.6 is 0 Å². The van der Waals surface area contributed by atoms with Crippen LogP contribution in [0, 0.1) is 17.2 Å². The summed E-state index contributed by atoms with van der Waals surface area (Å²) < 4.78 is 1.64. The molecule has 7 nitrogen and oxygen atoms in total. The molecule has 0 unspecified atom stereocenters. The quantitative estimate of drug-likeness (QED) is 0.699. The highest BCUT2D eigenvalue weighted by molar-refractivity contribution is 5.96. The average molecular weight is 387 g/mol. The van der Waals surface area contributed by atoms with Crippen LogP contribution in [-0.2, 0) is 24.2 Å². The Morgan fingerprint density at radius 3 is 2.54 bits per heavy atom. The summed E-state index contributed by atoms with van der Waals surface area (Å²) in [5.41, 5.74) is 1.53. The molecule has 152 valence electrons. The number of nitrogens with one attached hydrogen (secondary N) is 1. The minimum atomic E-state index is -1.12. The first kappa shape index (κ1) is 21.7. The Hall–Kier alpha value is -2.62. The number of hydrogen-bond donors (Lipinski definition) is 2. The number of aryl methyl sites for hydroxylation is 1. The van der Waals surface area contributed by atoms with Crippen LogP contribution in [0.1, 0.15) is 74.0 Å². The van der Waals surface area contributed by atoms with Gasteiger partial charge in [-0.15, -0.1) is 0 Å². The smallest absolute Gasteiger partial charge is 0.326 e. The maximum absolute atomic E-state index is 13.1. The Morgan fingerprint density at radius 1 is 1.25 bits per heavy atom. The second-order valence-corrected chi connectivity index (χ2v) is 7.70. The summed E-state index contributed by atoms with van der Waals surface area (Å²) >= 11 is 0. The second kappa shape index (κ2) is 10.1. The van der Waals surface area contributed by atoms with Crippen molar-refractivity contribution in [3.8, 4) is 6.07 Å². The fourth-order valence-electron chi connectivity index (χ4n) is 3.68. The lowest BCUT2D eigenvalue weighted by Crippen LogP contribution is -2.46. The number of nitrogens with zero attached hydrogens (tertiary/aromatic N) is 2. The van der Waals surface area contributed by atoms with Crippen molar-refractivity contribution in [3.63, 3.8) is 0 Å². The van der Waals surface area contributed by atoms with Gasteiger partial charge >= 0.3 is 5.97 Å². The van der Waals surface area contributed by atoms with E-state index in [0.717, 1.165) is 49.8 Å². The minimum absolute atomic E-state index is 0.0109. The summed E-state index contributed by atoms with van der Waals surface area (Å²) in [6.07, 6.45) is 6.66. The molecular weight excluding hydrogens is 358 g/mol. The SMILES string of the molecule is CC(C)[C@H](NC(=O)c1cc2c(n(CCCC#N)c1=O)CCCCCC2)C(=O)O. The van der Waals surface area contributed by atoms with Crippen molar-refractivity contribution < 1.29 is 14.7 Å². The third-order valence-corrected chi connectivity index (χ3v) is 5.23. The molecule has 1 aliphatic rings. The van der Waals surface area contributed by atoms with E-state index < -0.39 is 23.5 Å². The fourth-order valence-corrected chi connectivity index (χ4v) is 3.68. The third kappa shape index (κ3) is 5.22. The van der Waals surface area contributed by atoms with Crippen LogP contribution in [0.4, 0.5) is 0 Å². The molecule has 0 spiro atoms. The molecule has 1 aliphatic carbocycles. The molecule has 7 heteroatoms. The molecule has 28 heavy (non-hydrogen) atoms. The van der Waals surface area contributed by atoms with Crippen molar-refractivity contribution >= 4 is 11.9 Å². The van der Waals surface area contributed by atoms with E-state index in [2.05, 4.69) is 11.4 Å². The van der Waals surface area contributed by atoms with Crippen LogP contribution in [0.2, 0.25) is 0 Å². The molecule has 0 fully saturated rings. The van der Waals surface area contributed by atoms with Crippen LogP contribution in [0.3, 0.4) is 0 Å². The number of carboxylic acids is 1. The number of amides is 1. The van der Waals surface area contributed by atoms with Gasteiger partial charge in [-0.2, -0.15) is 5.26 Å². The summed E-state index contributed by atoms with van der Waals surface area (Å²) in [6.45, 7) is 3.81. The first-order valence-electron chi connectivity index (χ1n) is 10.0. The number of unbranched alkanes of at least 4 members (excludes halogenated alkanes) is 1. The van der Waals surface area contributed by atoms with E-state index in [1.807, 2.05) is 0 Å². The summed E-state index contributed by atoms with van der Waals surface area (Å²) in [7, 11) is 0. The van der Waals surface area contributed by atoms with Crippen molar-refractivity contribution in [1.29, 1.82) is 5.26 Å². The molecule has 0 aliphatic heterocycles. The fraction of sp³-hybridized carbons (Fsp3) is 0.619. The van der Waals surface area contributed by atoms with Crippen LogP contribution in [-0.4, -0.2) is 27.6 Å². The maximum atomic E-state index is 13.1. The average Bonchev–Trinajstić information content (AvgIpc) is 2.62. The van der Waals surface area contributed by atoms with Gasteiger partial charge in [-0.1, -0.05) is 26.7 Å². The zero-order chi connectivity index (χ0) is 20.7. The lowest BCUT2D eigenvalue weighted by molar-refractivity contribution is -0.140. The minimum Gasteiger partial charge on any atom is -0.480 e. The Morgan fingerprint density at radius 2 is 1.93 bits per heavy atom. The number of carbonyl (C=O) groups excluding carboxylic acids is 1. The molecule has 2 rings (SSSR count). The topological polar surface area (TPSA) is 112 Å². The highest BCUT2D eigenvalue weighted by atomic mass is 16.4. The first-order valence-corrected chi connectivity index (χ1v) is 10.0. The van der Waals surface area contributed by atoms with Gasteiger partial charge in [0.2, 0.25) is 0 Å². The highest BCUT2D eigenvalue weighted by Gasteiger charge is 2.26. The number of aliphatic carboxylic acids is 1. The Balaban J connectivity index is 2.45. The van der Waals surface area contributed by atoms with Crippen LogP contribution in [0.25, 0.3) is 0 Å². The van der Waals surface area contributed by atoms with Crippen LogP contribution in [0.15, 0.2) is 10.9 Å². The molecule has 1 heterocycles. The zero-order valence-electron chi connectivity index (χ0n) is 16.7. The molecule has 0 radical (unpaired) electrons. The summed E-state index contributed by atoms with van der Waals surface area (Å²) in [5, 5.41) is 20.7.